The molecule has 1 heterocycles. The normalized spacial score (nSPS) is 10.7. The molecule has 0 aliphatic rings. The number of nitriles is 1. The Morgan fingerprint density at radius 1 is 1.23 bits per heavy atom. The van der Waals surface area contributed by atoms with Crippen LogP contribution in [-0.4, -0.2) is 22.6 Å². The van der Waals surface area contributed by atoms with E-state index in [2.05, 4.69) is 17.6 Å². The van der Waals surface area contributed by atoms with Crippen LogP contribution in [0, 0.1) is 11.3 Å². The number of aromatic nitrogens is 2. The molecule has 0 radical (unpaired) electrons. The predicted molar refractivity (Wildman–Crippen MR) is 99.9 cm³/mol. The van der Waals surface area contributed by atoms with Crippen molar-refractivity contribution < 1.29 is 9.53 Å². The lowest BCUT2D eigenvalue weighted by Gasteiger charge is -2.10. The number of carbonyl (C=O) groups is 1. The topological polar surface area (TPSA) is 67.9 Å². The summed E-state index contributed by atoms with van der Waals surface area (Å²) in [5.74, 6) is 0.654. The van der Waals surface area contributed by atoms with Crippen LogP contribution in [0.15, 0.2) is 42.5 Å². The van der Waals surface area contributed by atoms with Crippen LogP contribution in [0.5, 0.6) is 0 Å². The maximum atomic E-state index is 11.9. The highest BCUT2D eigenvalue weighted by Crippen LogP contribution is 2.22. The number of carbonyl (C=O) groups excluding carboxylic acids is 1. The molecule has 0 saturated carbocycles. The van der Waals surface area contributed by atoms with E-state index in [0.717, 1.165) is 41.7 Å². The Morgan fingerprint density at radius 2 is 2.00 bits per heavy atom. The Hall–Kier alpha value is -3.13. The van der Waals surface area contributed by atoms with Gasteiger partial charge in [-0.05, 0) is 42.3 Å². The zero-order valence-corrected chi connectivity index (χ0v) is 15.0. The van der Waals surface area contributed by atoms with Crippen LogP contribution in [0.2, 0.25) is 0 Å². The lowest BCUT2D eigenvalue weighted by Crippen LogP contribution is -2.06. The van der Waals surface area contributed by atoms with Crippen molar-refractivity contribution >= 4 is 17.0 Å². The number of aryl methyl sites for hydroxylation is 1. The minimum atomic E-state index is -0.354. The van der Waals surface area contributed by atoms with E-state index in [1.807, 2.05) is 36.4 Å². The van der Waals surface area contributed by atoms with Crippen LogP contribution < -0.4 is 0 Å². The first-order valence-electron chi connectivity index (χ1n) is 8.72. The average Bonchev–Trinajstić information content (AvgIpc) is 3.03. The molecule has 0 spiro atoms. The van der Waals surface area contributed by atoms with Crippen molar-refractivity contribution in [3.8, 4) is 6.07 Å². The summed E-state index contributed by atoms with van der Waals surface area (Å²) in [7, 11) is 1.38. The maximum Gasteiger partial charge on any atom is 0.337 e. The first-order chi connectivity index (χ1) is 12.7. The molecule has 0 unspecified atom stereocenters. The van der Waals surface area contributed by atoms with Gasteiger partial charge in [-0.25, -0.2) is 9.78 Å². The molecular weight excluding hydrogens is 326 g/mol. The van der Waals surface area contributed by atoms with Crippen LogP contribution in [0.3, 0.4) is 0 Å². The molecule has 0 saturated heterocycles. The fourth-order valence-electron chi connectivity index (χ4n) is 2.99. The summed E-state index contributed by atoms with van der Waals surface area (Å²) in [5.41, 5.74) is 4.04. The minimum Gasteiger partial charge on any atom is -0.465 e. The number of benzene rings is 2. The number of esters is 1. The highest BCUT2D eigenvalue weighted by Gasteiger charge is 2.14. The number of ether oxygens (including phenoxy) is 1. The number of hydrogen-bond donors (Lipinski definition) is 0. The van der Waals surface area contributed by atoms with Gasteiger partial charge in [0.05, 0.1) is 35.3 Å². The SMILES string of the molecule is CCCCc1nc2ccc(C(=O)OC)cc2n1Cc1ccc(C#N)cc1. The average molecular weight is 347 g/mol. The molecule has 0 N–H and O–H groups in total. The highest BCUT2D eigenvalue weighted by atomic mass is 16.5. The number of methoxy groups -OCH3 is 1. The van der Waals surface area contributed by atoms with Gasteiger partial charge in [-0.2, -0.15) is 5.26 Å². The van der Waals surface area contributed by atoms with Crippen molar-refractivity contribution in [3.05, 3.63) is 65.0 Å². The quantitative estimate of drug-likeness (QED) is 0.630. The van der Waals surface area contributed by atoms with Gasteiger partial charge in [-0.15, -0.1) is 0 Å². The van der Waals surface area contributed by atoms with Gasteiger partial charge in [-0.3, -0.25) is 0 Å². The molecule has 0 aliphatic carbocycles. The third kappa shape index (κ3) is 3.60. The van der Waals surface area contributed by atoms with E-state index < -0.39 is 0 Å². The van der Waals surface area contributed by atoms with Crippen molar-refractivity contribution in [3.63, 3.8) is 0 Å². The first-order valence-corrected chi connectivity index (χ1v) is 8.72. The van der Waals surface area contributed by atoms with Crippen molar-refractivity contribution in [2.24, 2.45) is 0 Å². The van der Waals surface area contributed by atoms with Crippen LogP contribution in [0.1, 0.15) is 47.1 Å². The third-order valence-electron chi connectivity index (χ3n) is 4.43. The van der Waals surface area contributed by atoms with Crippen molar-refractivity contribution in [2.75, 3.05) is 7.11 Å². The Labute approximate surface area is 152 Å². The third-order valence-corrected chi connectivity index (χ3v) is 4.43. The number of nitrogens with zero attached hydrogens (tertiary/aromatic N) is 3. The van der Waals surface area contributed by atoms with Crippen LogP contribution in [0.4, 0.5) is 0 Å². The van der Waals surface area contributed by atoms with Crippen LogP contribution in [-0.2, 0) is 17.7 Å². The molecule has 0 atom stereocenters. The molecule has 1 aromatic heterocycles. The fraction of sp³-hybridized carbons (Fsp3) is 0.286. The molecular formula is C21H21N3O2. The number of imidazole rings is 1. The maximum absolute atomic E-state index is 11.9. The molecule has 3 aromatic rings. The second-order valence-corrected chi connectivity index (χ2v) is 6.22. The summed E-state index contributed by atoms with van der Waals surface area (Å²) in [6, 6.07) is 15.1. The predicted octanol–water partition coefficient (Wildman–Crippen LogP) is 4.09. The lowest BCUT2D eigenvalue weighted by molar-refractivity contribution is 0.0601. The molecule has 0 fully saturated rings. The van der Waals surface area contributed by atoms with Gasteiger partial charge >= 0.3 is 5.97 Å². The van der Waals surface area contributed by atoms with Gasteiger partial charge in [0.2, 0.25) is 0 Å². The fourth-order valence-corrected chi connectivity index (χ4v) is 2.99. The van der Waals surface area contributed by atoms with Gasteiger partial charge in [0.15, 0.2) is 0 Å². The second-order valence-electron chi connectivity index (χ2n) is 6.22. The van der Waals surface area contributed by atoms with E-state index in [9.17, 15) is 4.79 Å². The van der Waals surface area contributed by atoms with E-state index in [4.69, 9.17) is 15.0 Å². The summed E-state index contributed by atoms with van der Waals surface area (Å²) in [4.78, 5) is 16.7. The molecule has 0 bridgehead atoms. The zero-order chi connectivity index (χ0) is 18.5. The largest absolute Gasteiger partial charge is 0.465 e. The molecule has 0 aliphatic heterocycles. The summed E-state index contributed by atoms with van der Waals surface area (Å²) >= 11 is 0. The van der Waals surface area contributed by atoms with Gasteiger partial charge in [0, 0.05) is 13.0 Å². The van der Waals surface area contributed by atoms with E-state index in [1.54, 1.807) is 6.07 Å². The van der Waals surface area contributed by atoms with E-state index in [1.165, 1.54) is 7.11 Å². The van der Waals surface area contributed by atoms with Crippen LogP contribution >= 0.6 is 0 Å². The zero-order valence-electron chi connectivity index (χ0n) is 15.0. The van der Waals surface area contributed by atoms with E-state index >= 15 is 0 Å². The first kappa shape index (κ1) is 17.7. The summed E-state index contributed by atoms with van der Waals surface area (Å²) in [5, 5.41) is 8.96. The van der Waals surface area contributed by atoms with Crippen molar-refractivity contribution in [1.82, 2.24) is 9.55 Å². The minimum absolute atomic E-state index is 0.354. The number of fused-ring (bicyclic) bond motifs is 1. The Balaban J connectivity index is 2.05. The molecule has 3 rings (SSSR count). The number of rotatable bonds is 6. The Kier molecular flexibility index (Phi) is 5.33. The standard InChI is InChI=1S/C21H21N3O2/c1-3-4-5-20-23-18-11-10-17(21(25)26-2)12-19(18)24(20)14-16-8-6-15(13-22)7-9-16/h6-12H,3-5,14H2,1-2H3. The molecule has 5 nitrogen and oxygen atoms in total. The van der Waals surface area contributed by atoms with E-state index in [0.29, 0.717) is 17.7 Å². The summed E-state index contributed by atoms with van der Waals surface area (Å²) < 4.78 is 6.99. The smallest absolute Gasteiger partial charge is 0.337 e. The van der Waals surface area contributed by atoms with Gasteiger partial charge < -0.3 is 9.30 Å². The van der Waals surface area contributed by atoms with Gasteiger partial charge in [-0.1, -0.05) is 25.5 Å². The molecule has 0 amide bonds. The van der Waals surface area contributed by atoms with Crippen molar-refractivity contribution in [1.29, 1.82) is 5.26 Å². The Bertz CT molecular complexity index is 965. The second kappa shape index (κ2) is 7.83. The highest BCUT2D eigenvalue weighted by molar-refractivity contribution is 5.93. The molecule has 5 heteroatoms. The number of hydrogen-bond acceptors (Lipinski definition) is 4. The van der Waals surface area contributed by atoms with Crippen LogP contribution in [0.25, 0.3) is 11.0 Å². The molecule has 2 aromatic carbocycles. The summed E-state index contributed by atoms with van der Waals surface area (Å²) in [6.07, 6.45) is 3.03. The number of unbranched alkanes of at least 4 members (excludes halogenated alkanes) is 1. The van der Waals surface area contributed by atoms with E-state index in [-0.39, 0.29) is 5.97 Å². The van der Waals surface area contributed by atoms with Gasteiger partial charge in [0.25, 0.3) is 0 Å². The molecule has 26 heavy (non-hydrogen) atoms. The van der Waals surface area contributed by atoms with Crippen molar-refractivity contribution in [2.45, 2.75) is 32.7 Å². The Morgan fingerprint density at radius 3 is 2.65 bits per heavy atom. The monoisotopic (exact) mass is 347 g/mol. The lowest BCUT2D eigenvalue weighted by atomic mass is 10.1. The summed E-state index contributed by atoms with van der Waals surface area (Å²) in [6.45, 7) is 2.80. The molecule has 132 valence electrons. The van der Waals surface area contributed by atoms with Gasteiger partial charge in [0.1, 0.15) is 5.82 Å².